The predicted molar refractivity (Wildman–Crippen MR) is 150 cm³/mol. The zero-order chi connectivity index (χ0) is 26.3. The van der Waals surface area contributed by atoms with E-state index < -0.39 is 11.7 Å². The molecule has 0 aromatic heterocycles. The molecule has 39 heavy (non-hydrogen) atoms. The van der Waals surface area contributed by atoms with E-state index in [2.05, 4.69) is 45.0 Å². The fourth-order valence-corrected chi connectivity index (χ4v) is 7.90. The lowest BCUT2D eigenvalue weighted by Crippen LogP contribution is -2.53. The third kappa shape index (κ3) is 5.44. The predicted octanol–water partition coefficient (Wildman–Crippen LogP) is 6.82. The molecule has 0 bridgehead atoms. The van der Waals surface area contributed by atoms with Crippen molar-refractivity contribution >= 4 is 11.6 Å². The van der Waals surface area contributed by atoms with Crippen LogP contribution in [0.3, 0.4) is 0 Å². The molecule has 2 aromatic rings. The molecule has 2 aliphatic carbocycles. The largest absolute Gasteiger partial charge is 0.416 e. The van der Waals surface area contributed by atoms with E-state index in [1.54, 1.807) is 12.1 Å². The maximum absolute atomic E-state index is 14.0. The van der Waals surface area contributed by atoms with Crippen LogP contribution in [0.2, 0.25) is 0 Å². The van der Waals surface area contributed by atoms with E-state index in [0.717, 1.165) is 63.0 Å². The molecular weight excluding hydrogens is 499 g/mol. The van der Waals surface area contributed by atoms with Crippen LogP contribution in [-0.4, -0.2) is 61.0 Å². The van der Waals surface area contributed by atoms with E-state index in [9.17, 15) is 18.0 Å². The number of hydrogen-bond donors (Lipinski definition) is 0. The summed E-state index contributed by atoms with van der Waals surface area (Å²) in [6.07, 6.45) is 3.51. The number of halogens is 3. The van der Waals surface area contributed by atoms with Crippen LogP contribution >= 0.6 is 0 Å². The number of alkyl halides is 3. The van der Waals surface area contributed by atoms with Crippen LogP contribution < -0.4 is 4.90 Å². The third-order valence-corrected chi connectivity index (χ3v) is 9.98. The molecule has 3 unspecified atom stereocenters. The normalized spacial score (nSPS) is 28.3. The molecule has 1 amide bonds. The summed E-state index contributed by atoms with van der Waals surface area (Å²) in [4.78, 5) is 20.9. The first kappa shape index (κ1) is 28.0. The number of benzene rings is 2. The quantitative estimate of drug-likeness (QED) is 0.425. The molecule has 2 saturated carbocycles. The summed E-state index contributed by atoms with van der Waals surface area (Å²) in [5.41, 5.74) is 1.41. The average molecular weight is 542 g/mol. The number of likely N-dealkylation sites (tertiary alicyclic amines) is 1. The van der Waals surface area contributed by atoms with Gasteiger partial charge < -0.3 is 14.7 Å². The molecule has 4 aliphatic rings. The van der Waals surface area contributed by atoms with E-state index in [1.807, 2.05) is 0 Å². The highest BCUT2D eigenvalue weighted by Gasteiger charge is 2.57. The number of amides is 1. The fourth-order valence-electron chi connectivity index (χ4n) is 7.90. The van der Waals surface area contributed by atoms with E-state index in [0.29, 0.717) is 50.0 Å². The van der Waals surface area contributed by atoms with Crippen molar-refractivity contribution < 1.29 is 18.0 Å². The maximum Gasteiger partial charge on any atom is 0.416 e. The van der Waals surface area contributed by atoms with Gasteiger partial charge in [0, 0.05) is 37.9 Å². The lowest BCUT2D eigenvalue weighted by atomic mass is 9.78. The highest BCUT2D eigenvalue weighted by molar-refractivity contribution is 5.84. The number of fused-ring (bicyclic) bond motifs is 1. The molecule has 6 rings (SSSR count). The van der Waals surface area contributed by atoms with Crippen LogP contribution in [0.1, 0.15) is 69.4 Å². The highest BCUT2D eigenvalue weighted by Crippen LogP contribution is 2.56. The molecule has 2 aromatic carbocycles. The van der Waals surface area contributed by atoms with Crippen LogP contribution in [-0.2, 0) is 11.0 Å². The van der Waals surface area contributed by atoms with Gasteiger partial charge in [0.1, 0.15) is 0 Å². The van der Waals surface area contributed by atoms with Gasteiger partial charge in [0.25, 0.3) is 0 Å². The second-order valence-electron chi connectivity index (χ2n) is 11.9. The van der Waals surface area contributed by atoms with Gasteiger partial charge in [0.15, 0.2) is 0 Å². The molecule has 0 radical (unpaired) electrons. The number of carbonyl (C=O) groups excluding carboxylic acids is 1. The van der Waals surface area contributed by atoms with E-state index in [-0.39, 0.29) is 12.8 Å². The summed E-state index contributed by atoms with van der Waals surface area (Å²) in [7, 11) is 0. The molecule has 2 aliphatic heterocycles. The van der Waals surface area contributed by atoms with Crippen molar-refractivity contribution in [3.05, 3.63) is 65.7 Å². The summed E-state index contributed by atoms with van der Waals surface area (Å²) in [6.45, 7) is 4.84. The summed E-state index contributed by atoms with van der Waals surface area (Å²) in [6, 6.07) is 16.8. The van der Waals surface area contributed by atoms with Crippen molar-refractivity contribution in [3.63, 3.8) is 0 Å². The molecule has 0 spiro atoms. The van der Waals surface area contributed by atoms with Crippen LogP contribution in [0, 0.1) is 11.3 Å². The highest BCUT2D eigenvalue weighted by atomic mass is 19.4. The minimum absolute atomic E-state index is 0. The van der Waals surface area contributed by atoms with Gasteiger partial charge in [0.05, 0.1) is 11.0 Å². The Morgan fingerprint density at radius 3 is 2.15 bits per heavy atom. The standard InChI is InChI=1S/C31H38F3N3O.CH4/c32-31(33,34)25-8-10-27(11-9-25)36-17-19-37(20-18-36)29(38)30-14-4-7-26(30)21-28(22-30)35-15-12-24(13-16-35)23-5-2-1-3-6-23;/h1-3,5-6,8-11,24,26,28H,4,7,12-22H2;1H4. The molecule has 0 N–H and O–H groups in total. The van der Waals surface area contributed by atoms with Crippen molar-refractivity contribution in [3.8, 4) is 0 Å². The topological polar surface area (TPSA) is 26.8 Å². The number of hydrogen-bond acceptors (Lipinski definition) is 3. The lowest BCUT2D eigenvalue weighted by molar-refractivity contribution is -0.144. The van der Waals surface area contributed by atoms with Gasteiger partial charge in [-0.05, 0) is 93.3 Å². The summed E-state index contributed by atoms with van der Waals surface area (Å²) >= 11 is 0. The van der Waals surface area contributed by atoms with Crippen molar-refractivity contribution in [1.29, 1.82) is 0 Å². The number of carbonyl (C=O) groups is 1. The lowest BCUT2D eigenvalue weighted by Gasteiger charge is -2.41. The first-order valence-corrected chi connectivity index (χ1v) is 14.3. The first-order valence-electron chi connectivity index (χ1n) is 14.3. The summed E-state index contributed by atoms with van der Waals surface area (Å²) in [5.74, 6) is 1.47. The molecular formula is C32H42F3N3O. The smallest absolute Gasteiger partial charge is 0.368 e. The van der Waals surface area contributed by atoms with Gasteiger partial charge in [-0.15, -0.1) is 0 Å². The molecule has 212 valence electrons. The van der Waals surface area contributed by atoms with Crippen LogP contribution in [0.4, 0.5) is 18.9 Å². The Labute approximate surface area is 231 Å². The Kier molecular flexibility index (Phi) is 8.01. The zero-order valence-corrected chi connectivity index (χ0v) is 22.0. The van der Waals surface area contributed by atoms with Gasteiger partial charge >= 0.3 is 6.18 Å². The Morgan fingerprint density at radius 1 is 0.846 bits per heavy atom. The molecule has 4 fully saturated rings. The molecule has 3 atom stereocenters. The second-order valence-corrected chi connectivity index (χ2v) is 11.9. The Bertz CT molecular complexity index is 1110. The SMILES string of the molecule is C.O=C(N1CCN(c2ccc(C(F)(F)F)cc2)CC1)C12CCCC1CC(N1CCC(c3ccccc3)CC1)C2. The molecule has 7 heteroatoms. The Hall–Kier alpha value is -2.54. The van der Waals surface area contributed by atoms with E-state index in [1.165, 1.54) is 18.4 Å². The van der Waals surface area contributed by atoms with Crippen LogP contribution in [0.15, 0.2) is 54.6 Å². The monoisotopic (exact) mass is 541 g/mol. The minimum atomic E-state index is -4.32. The van der Waals surface area contributed by atoms with E-state index in [4.69, 9.17) is 0 Å². The minimum Gasteiger partial charge on any atom is -0.368 e. The van der Waals surface area contributed by atoms with Crippen LogP contribution in [0.5, 0.6) is 0 Å². The second kappa shape index (κ2) is 11.1. The Morgan fingerprint density at radius 2 is 1.51 bits per heavy atom. The van der Waals surface area contributed by atoms with Crippen molar-refractivity contribution in [2.24, 2.45) is 11.3 Å². The van der Waals surface area contributed by atoms with Gasteiger partial charge in [-0.3, -0.25) is 4.79 Å². The molecule has 4 nitrogen and oxygen atoms in total. The molecule has 2 saturated heterocycles. The number of piperazine rings is 1. The van der Waals surface area contributed by atoms with Gasteiger partial charge in [-0.2, -0.15) is 13.2 Å². The third-order valence-electron chi connectivity index (χ3n) is 9.98. The van der Waals surface area contributed by atoms with Crippen molar-refractivity contribution in [1.82, 2.24) is 9.80 Å². The van der Waals surface area contributed by atoms with Gasteiger partial charge in [0.2, 0.25) is 5.91 Å². The van der Waals surface area contributed by atoms with Crippen LogP contribution in [0.25, 0.3) is 0 Å². The van der Waals surface area contributed by atoms with Gasteiger partial charge in [-0.1, -0.05) is 44.2 Å². The maximum atomic E-state index is 14.0. The van der Waals surface area contributed by atoms with Crippen molar-refractivity contribution in [2.75, 3.05) is 44.2 Å². The summed E-state index contributed by atoms with van der Waals surface area (Å²) < 4.78 is 38.8. The summed E-state index contributed by atoms with van der Waals surface area (Å²) in [5, 5.41) is 0. The number of nitrogens with zero attached hydrogens (tertiary/aromatic N) is 3. The van der Waals surface area contributed by atoms with E-state index >= 15 is 0 Å². The Balaban J connectivity index is 0.00000308. The number of anilines is 1. The number of rotatable bonds is 4. The number of piperidine rings is 1. The van der Waals surface area contributed by atoms with Crippen molar-refractivity contribution in [2.45, 2.75) is 70.5 Å². The first-order chi connectivity index (χ1) is 18.3. The average Bonchev–Trinajstić information content (AvgIpc) is 3.52. The van der Waals surface area contributed by atoms with Gasteiger partial charge in [-0.25, -0.2) is 0 Å². The fraction of sp³-hybridized carbons (Fsp3) is 0.594. The molecule has 2 heterocycles. The zero-order valence-electron chi connectivity index (χ0n) is 22.0.